The van der Waals surface area contributed by atoms with E-state index in [0.29, 0.717) is 59.2 Å². The summed E-state index contributed by atoms with van der Waals surface area (Å²) in [4.78, 5) is 34.8. The number of aromatic nitrogens is 6. The number of carbonyl (C=O) groups is 1. The number of nitrogens with zero attached hydrogens (tertiary/aromatic N) is 7. The number of hydrogen-bond acceptors (Lipinski definition) is 11. The molecule has 0 aliphatic heterocycles. The fraction of sp³-hybridized carbons (Fsp3) is 0.481. The zero-order valence-electron chi connectivity index (χ0n) is 22.6. The Morgan fingerprint density at radius 2 is 1.95 bits per heavy atom. The number of aliphatic hydroxyl groups is 4. The molecular formula is C27H29N9O6. The number of primary amides is 1. The summed E-state index contributed by atoms with van der Waals surface area (Å²) in [5.41, 5.74) is 4.40. The van der Waals surface area contributed by atoms with Gasteiger partial charge in [-0.3, -0.25) is 9.36 Å². The van der Waals surface area contributed by atoms with Crippen LogP contribution >= 0.6 is 0 Å². The minimum Gasteiger partial charge on any atom is -0.393 e. The largest absolute Gasteiger partial charge is 0.393 e. The van der Waals surface area contributed by atoms with Gasteiger partial charge in [0.15, 0.2) is 5.65 Å². The van der Waals surface area contributed by atoms with Gasteiger partial charge in [0.05, 0.1) is 35.1 Å². The molecule has 15 nitrogen and oxygen atoms in total. The van der Waals surface area contributed by atoms with E-state index >= 15 is 0 Å². The summed E-state index contributed by atoms with van der Waals surface area (Å²) in [5.74, 6) is 0.0105. The number of nitrogens with two attached hydrogens (primary N) is 1. The quantitative estimate of drug-likeness (QED) is 0.162. The van der Waals surface area contributed by atoms with Gasteiger partial charge < -0.3 is 31.5 Å². The van der Waals surface area contributed by atoms with Crippen molar-refractivity contribution in [2.75, 3.05) is 5.32 Å². The van der Waals surface area contributed by atoms with Crippen molar-refractivity contribution in [2.24, 2.45) is 11.7 Å². The van der Waals surface area contributed by atoms with Crippen molar-refractivity contribution in [2.45, 2.75) is 74.6 Å². The van der Waals surface area contributed by atoms with Crippen LogP contribution in [0.1, 0.15) is 57.2 Å². The van der Waals surface area contributed by atoms with Crippen LogP contribution in [-0.4, -0.2) is 61.3 Å². The third-order valence-electron chi connectivity index (χ3n) is 9.08. The van der Waals surface area contributed by atoms with Crippen molar-refractivity contribution in [3.63, 3.8) is 0 Å². The highest BCUT2D eigenvalue weighted by Crippen LogP contribution is 2.54. The molecule has 3 saturated carbocycles. The molecule has 0 spiro atoms. The molecule has 3 aliphatic rings. The predicted molar refractivity (Wildman–Crippen MR) is 146 cm³/mol. The molecule has 15 heteroatoms. The summed E-state index contributed by atoms with van der Waals surface area (Å²) in [6.45, 7) is 1.91. The van der Waals surface area contributed by atoms with Crippen LogP contribution in [-0.2, 0) is 21.8 Å². The molecule has 4 aromatic rings. The molecule has 4 unspecified atom stereocenters. The van der Waals surface area contributed by atoms with Gasteiger partial charge in [-0.15, -0.1) is 0 Å². The smallest absolute Gasteiger partial charge is 0.377 e. The van der Waals surface area contributed by atoms with Crippen molar-refractivity contribution >= 4 is 39.6 Å². The SMILES string of the molecule is CC1CC1(C(N)=O)n1nc(C2(C#N)CC2)c2ccc(Nc3cc4c(cn3)n(C(O)(O)O)c(=O)n4C3CCC(O)C3)nc21. The third kappa shape index (κ3) is 3.69. The highest BCUT2D eigenvalue weighted by Gasteiger charge is 2.61. The van der Waals surface area contributed by atoms with Crippen LogP contribution in [0.15, 0.2) is 29.2 Å². The Morgan fingerprint density at radius 1 is 1.21 bits per heavy atom. The summed E-state index contributed by atoms with van der Waals surface area (Å²) in [6.07, 6.45) is 0.212. The zero-order valence-corrected chi connectivity index (χ0v) is 22.6. The highest BCUT2D eigenvalue weighted by atomic mass is 16.7. The van der Waals surface area contributed by atoms with Crippen LogP contribution in [0.4, 0.5) is 11.6 Å². The van der Waals surface area contributed by atoms with E-state index in [2.05, 4.69) is 16.4 Å². The Labute approximate surface area is 237 Å². The first-order chi connectivity index (χ1) is 19.9. The summed E-state index contributed by atoms with van der Waals surface area (Å²) in [7, 11) is 0. The zero-order chi connectivity index (χ0) is 29.8. The number of carbonyl (C=O) groups excluding carboxylic acids is 1. The second-order valence-electron chi connectivity index (χ2n) is 11.8. The van der Waals surface area contributed by atoms with Gasteiger partial charge in [0.25, 0.3) is 0 Å². The number of hydrogen-bond donors (Lipinski definition) is 6. The molecule has 1 amide bonds. The van der Waals surface area contributed by atoms with Crippen LogP contribution in [0.3, 0.4) is 0 Å². The lowest BCUT2D eigenvalue weighted by Crippen LogP contribution is -2.41. The lowest BCUT2D eigenvalue weighted by Gasteiger charge is -2.15. The maximum atomic E-state index is 13.2. The van der Waals surface area contributed by atoms with Gasteiger partial charge in [0.2, 0.25) is 5.91 Å². The molecule has 3 fully saturated rings. The van der Waals surface area contributed by atoms with Gasteiger partial charge in [-0.2, -0.15) is 10.4 Å². The lowest BCUT2D eigenvalue weighted by molar-refractivity contribution is -0.374. The molecule has 4 aromatic heterocycles. The second kappa shape index (κ2) is 8.58. The van der Waals surface area contributed by atoms with Gasteiger partial charge in [0, 0.05) is 17.5 Å². The molecule has 7 N–H and O–H groups in total. The van der Waals surface area contributed by atoms with E-state index in [4.69, 9.17) is 15.8 Å². The lowest BCUT2D eigenvalue weighted by atomic mass is 10.0. The van der Waals surface area contributed by atoms with Crippen molar-refractivity contribution in [3.05, 3.63) is 40.6 Å². The average molecular weight is 576 g/mol. The normalized spacial score (nSPS) is 26.4. The van der Waals surface area contributed by atoms with E-state index < -0.39 is 40.8 Å². The van der Waals surface area contributed by atoms with E-state index in [1.807, 2.05) is 6.92 Å². The minimum atomic E-state index is -3.46. The molecule has 0 bridgehead atoms. The average Bonchev–Trinajstić information content (AvgIpc) is 3.72. The van der Waals surface area contributed by atoms with Gasteiger partial charge in [-0.25, -0.2) is 24.0 Å². The number of rotatable bonds is 7. The molecule has 42 heavy (non-hydrogen) atoms. The molecule has 7 rings (SSSR count). The molecule has 4 heterocycles. The number of fused-ring (bicyclic) bond motifs is 2. The first-order valence-electron chi connectivity index (χ1n) is 13.8. The van der Waals surface area contributed by atoms with Crippen molar-refractivity contribution in [1.29, 1.82) is 5.26 Å². The number of pyridine rings is 2. The number of amides is 1. The first kappa shape index (κ1) is 26.5. The van der Waals surface area contributed by atoms with E-state index in [-0.39, 0.29) is 29.2 Å². The topological polar surface area (TPSA) is 230 Å². The molecule has 0 aromatic carbocycles. The summed E-state index contributed by atoms with van der Waals surface area (Å²) < 4.78 is 3.30. The Bertz CT molecular complexity index is 1890. The number of anilines is 2. The number of nitriles is 1. The summed E-state index contributed by atoms with van der Waals surface area (Å²) in [5, 5.41) is 58.2. The minimum absolute atomic E-state index is 0.0251. The van der Waals surface area contributed by atoms with Crippen LogP contribution in [0.25, 0.3) is 22.1 Å². The standard InChI is InChI=1S/C27H29N9O6/c1-13-10-26(13,23(29)38)36-22-16(21(33-36)25(12-28)6-7-25)4-5-19(32-22)31-20-9-17-18(11-30-20)35(27(40,41)42)24(39)34(17)14-2-3-15(37)8-14/h4-5,9,11,13-15,37,40-42H,2-3,6-8,10H2,1H3,(H2,29,38)(H,30,31,32). The Morgan fingerprint density at radius 3 is 2.52 bits per heavy atom. The Kier molecular flexibility index (Phi) is 5.42. The fourth-order valence-corrected chi connectivity index (χ4v) is 6.50. The molecule has 0 radical (unpaired) electrons. The van der Waals surface area contributed by atoms with Gasteiger partial charge >= 0.3 is 11.8 Å². The number of imidazole rings is 1. The van der Waals surface area contributed by atoms with Gasteiger partial charge in [-0.05, 0) is 56.6 Å². The molecule has 218 valence electrons. The van der Waals surface area contributed by atoms with Crippen molar-refractivity contribution in [1.82, 2.24) is 28.9 Å². The molecule has 3 aliphatic carbocycles. The maximum Gasteiger partial charge on any atom is 0.377 e. The van der Waals surface area contributed by atoms with E-state index in [0.717, 1.165) is 0 Å². The van der Waals surface area contributed by atoms with Gasteiger partial charge in [-0.1, -0.05) is 6.92 Å². The number of nitrogens with one attached hydrogen (secondary N) is 1. The first-order valence-corrected chi connectivity index (χ1v) is 13.8. The maximum absolute atomic E-state index is 13.2. The summed E-state index contributed by atoms with van der Waals surface area (Å²) in [6, 6.07) is 6.92. The van der Waals surface area contributed by atoms with Crippen molar-refractivity contribution < 1.29 is 25.2 Å². The highest BCUT2D eigenvalue weighted by molar-refractivity contribution is 5.90. The Hall–Kier alpha value is -4.36. The van der Waals surface area contributed by atoms with Crippen LogP contribution < -0.4 is 16.7 Å². The Balaban J connectivity index is 1.34. The molecular weight excluding hydrogens is 546 g/mol. The number of aliphatic hydroxyl groups excluding tert-OH is 1. The predicted octanol–water partition coefficient (Wildman–Crippen LogP) is 0.0925. The second-order valence-corrected chi connectivity index (χ2v) is 11.8. The van der Waals surface area contributed by atoms with Crippen LogP contribution in [0, 0.1) is 17.2 Å². The monoisotopic (exact) mass is 575 g/mol. The van der Waals surface area contributed by atoms with Crippen molar-refractivity contribution in [3.8, 4) is 6.07 Å². The molecule has 0 saturated heterocycles. The van der Waals surface area contributed by atoms with Crippen LogP contribution in [0.5, 0.6) is 0 Å². The van der Waals surface area contributed by atoms with Crippen LogP contribution in [0.2, 0.25) is 0 Å². The third-order valence-corrected chi connectivity index (χ3v) is 9.08. The fourth-order valence-electron chi connectivity index (χ4n) is 6.50. The van der Waals surface area contributed by atoms with Gasteiger partial charge in [0.1, 0.15) is 22.6 Å². The molecule has 4 atom stereocenters. The van der Waals surface area contributed by atoms with E-state index in [1.54, 1.807) is 16.8 Å². The van der Waals surface area contributed by atoms with E-state index in [9.17, 15) is 35.3 Å². The van der Waals surface area contributed by atoms with E-state index in [1.165, 1.54) is 16.8 Å². The summed E-state index contributed by atoms with van der Waals surface area (Å²) >= 11 is 0.